The SMILES string of the molecule is CCCNC(=O)C[C@H]1C[C@@H]2c3cc(NS(=O)(=O)c4cccc(OC)c4)ccc3O[C@@H]2[C@@H](CO)O1. The molecule has 2 aliphatic heterocycles. The summed E-state index contributed by atoms with van der Waals surface area (Å²) in [5.41, 5.74) is 1.23. The van der Waals surface area contributed by atoms with Crippen molar-refractivity contribution in [2.45, 2.75) is 55.3 Å². The van der Waals surface area contributed by atoms with Gasteiger partial charge >= 0.3 is 0 Å². The molecule has 0 aliphatic carbocycles. The summed E-state index contributed by atoms with van der Waals surface area (Å²) in [6.07, 6.45) is 0.211. The molecule has 0 radical (unpaired) electrons. The van der Waals surface area contributed by atoms with E-state index in [2.05, 4.69) is 10.0 Å². The molecule has 34 heavy (non-hydrogen) atoms. The van der Waals surface area contributed by atoms with Crippen LogP contribution in [0.1, 0.15) is 37.7 Å². The maximum absolute atomic E-state index is 12.9. The Morgan fingerprint density at radius 3 is 2.79 bits per heavy atom. The van der Waals surface area contributed by atoms with Crippen molar-refractivity contribution in [3.8, 4) is 11.5 Å². The van der Waals surface area contributed by atoms with Crippen LogP contribution in [0.15, 0.2) is 47.4 Å². The highest BCUT2D eigenvalue weighted by Crippen LogP contribution is 2.47. The Morgan fingerprint density at radius 2 is 2.06 bits per heavy atom. The number of carbonyl (C=O) groups is 1. The predicted octanol–water partition coefficient (Wildman–Crippen LogP) is 2.41. The molecule has 2 aromatic rings. The number of amides is 1. The van der Waals surface area contributed by atoms with Crippen molar-refractivity contribution in [1.29, 1.82) is 0 Å². The molecule has 1 amide bonds. The molecule has 4 atom stereocenters. The number of carbonyl (C=O) groups excluding carboxylic acids is 1. The van der Waals surface area contributed by atoms with Gasteiger partial charge in [0.25, 0.3) is 10.0 Å². The molecule has 10 heteroatoms. The smallest absolute Gasteiger partial charge is 0.262 e. The van der Waals surface area contributed by atoms with Crippen LogP contribution in [-0.2, 0) is 19.6 Å². The first-order valence-electron chi connectivity index (χ1n) is 11.3. The molecule has 1 saturated heterocycles. The van der Waals surface area contributed by atoms with E-state index in [-0.39, 0.29) is 35.9 Å². The van der Waals surface area contributed by atoms with Gasteiger partial charge in [-0.1, -0.05) is 13.0 Å². The maximum atomic E-state index is 12.9. The van der Waals surface area contributed by atoms with Gasteiger partial charge in [-0.3, -0.25) is 9.52 Å². The number of hydrogen-bond donors (Lipinski definition) is 3. The summed E-state index contributed by atoms with van der Waals surface area (Å²) in [5, 5.41) is 12.7. The third kappa shape index (κ3) is 5.13. The minimum Gasteiger partial charge on any atom is -0.497 e. The Bertz CT molecular complexity index is 1140. The first-order valence-corrected chi connectivity index (χ1v) is 12.8. The van der Waals surface area contributed by atoms with Crippen molar-refractivity contribution < 1.29 is 32.5 Å². The van der Waals surface area contributed by atoms with Gasteiger partial charge in [-0.2, -0.15) is 0 Å². The lowest BCUT2D eigenvalue weighted by atomic mass is 9.84. The predicted molar refractivity (Wildman–Crippen MR) is 126 cm³/mol. The third-order valence-corrected chi connectivity index (χ3v) is 7.47. The minimum absolute atomic E-state index is 0.0889. The molecule has 1 fully saturated rings. The van der Waals surface area contributed by atoms with Gasteiger partial charge in [-0.25, -0.2) is 8.42 Å². The second-order valence-electron chi connectivity index (χ2n) is 8.49. The molecule has 0 saturated carbocycles. The molecule has 0 aromatic heterocycles. The van der Waals surface area contributed by atoms with Crippen LogP contribution < -0.4 is 19.5 Å². The van der Waals surface area contributed by atoms with E-state index in [4.69, 9.17) is 14.2 Å². The molecular formula is C24H30N2O7S. The van der Waals surface area contributed by atoms with E-state index in [1.807, 2.05) is 6.92 Å². The summed E-state index contributed by atoms with van der Waals surface area (Å²) in [4.78, 5) is 12.3. The quantitative estimate of drug-likeness (QED) is 0.493. The third-order valence-electron chi connectivity index (χ3n) is 6.09. The van der Waals surface area contributed by atoms with Gasteiger partial charge in [0.1, 0.15) is 23.7 Å². The summed E-state index contributed by atoms with van der Waals surface area (Å²) >= 11 is 0. The zero-order valence-electron chi connectivity index (χ0n) is 19.2. The van der Waals surface area contributed by atoms with E-state index >= 15 is 0 Å². The van der Waals surface area contributed by atoms with Crippen molar-refractivity contribution in [1.82, 2.24) is 5.32 Å². The number of aliphatic hydroxyl groups is 1. The van der Waals surface area contributed by atoms with E-state index in [9.17, 15) is 18.3 Å². The number of nitrogens with one attached hydrogen (secondary N) is 2. The maximum Gasteiger partial charge on any atom is 0.262 e. The van der Waals surface area contributed by atoms with Gasteiger partial charge in [0.2, 0.25) is 5.91 Å². The highest BCUT2D eigenvalue weighted by molar-refractivity contribution is 7.92. The van der Waals surface area contributed by atoms with E-state index < -0.39 is 22.2 Å². The zero-order chi connectivity index (χ0) is 24.3. The average molecular weight is 491 g/mol. The lowest BCUT2D eigenvalue weighted by Crippen LogP contribution is -2.47. The summed E-state index contributed by atoms with van der Waals surface area (Å²) in [5.74, 6) is 0.837. The number of methoxy groups -OCH3 is 1. The molecule has 2 heterocycles. The number of benzene rings is 2. The molecule has 4 rings (SSSR count). The fraction of sp³-hybridized carbons (Fsp3) is 0.458. The van der Waals surface area contributed by atoms with Crippen LogP contribution in [0.4, 0.5) is 5.69 Å². The van der Waals surface area contributed by atoms with Crippen LogP contribution in [0.25, 0.3) is 0 Å². The second kappa shape index (κ2) is 10.2. The Kier molecular flexibility index (Phi) is 7.30. The number of ether oxygens (including phenoxy) is 3. The topological polar surface area (TPSA) is 123 Å². The Morgan fingerprint density at radius 1 is 1.24 bits per heavy atom. The second-order valence-corrected chi connectivity index (χ2v) is 10.2. The summed E-state index contributed by atoms with van der Waals surface area (Å²) in [6, 6.07) is 11.3. The first kappa shape index (κ1) is 24.3. The van der Waals surface area contributed by atoms with E-state index in [1.54, 1.807) is 30.3 Å². The Hall–Kier alpha value is -2.82. The van der Waals surface area contributed by atoms with Crippen molar-refractivity contribution in [2.24, 2.45) is 0 Å². The number of sulfonamides is 1. The van der Waals surface area contributed by atoms with Gasteiger partial charge in [0.05, 0.1) is 31.1 Å². The average Bonchev–Trinajstić information content (AvgIpc) is 3.20. The molecule has 0 bridgehead atoms. The van der Waals surface area contributed by atoms with Crippen LogP contribution in [0.3, 0.4) is 0 Å². The summed E-state index contributed by atoms with van der Waals surface area (Å²) < 4.78 is 45.6. The summed E-state index contributed by atoms with van der Waals surface area (Å²) in [7, 11) is -2.36. The van der Waals surface area contributed by atoms with Crippen LogP contribution in [-0.4, -0.2) is 58.0 Å². The van der Waals surface area contributed by atoms with Crippen LogP contribution in [0.2, 0.25) is 0 Å². The normalized spacial score (nSPS) is 23.4. The monoisotopic (exact) mass is 490 g/mol. The molecule has 9 nitrogen and oxygen atoms in total. The number of aliphatic hydroxyl groups excluding tert-OH is 1. The zero-order valence-corrected chi connectivity index (χ0v) is 20.0. The van der Waals surface area contributed by atoms with Gasteiger partial charge in [0.15, 0.2) is 0 Å². The number of hydrogen-bond acceptors (Lipinski definition) is 7. The minimum atomic E-state index is -3.83. The van der Waals surface area contributed by atoms with Crippen LogP contribution in [0, 0.1) is 0 Å². The first-order chi connectivity index (χ1) is 16.3. The largest absolute Gasteiger partial charge is 0.497 e. The van der Waals surface area contributed by atoms with Gasteiger partial charge < -0.3 is 24.6 Å². The number of rotatable bonds is 9. The molecule has 3 N–H and O–H groups in total. The number of fused-ring (bicyclic) bond motifs is 3. The molecule has 2 aliphatic rings. The molecule has 2 aromatic carbocycles. The van der Waals surface area contributed by atoms with Crippen molar-refractivity contribution in [2.75, 3.05) is 25.0 Å². The van der Waals surface area contributed by atoms with Crippen molar-refractivity contribution >= 4 is 21.6 Å². The van der Waals surface area contributed by atoms with Crippen LogP contribution in [0.5, 0.6) is 11.5 Å². The fourth-order valence-corrected chi connectivity index (χ4v) is 5.56. The molecule has 0 unspecified atom stereocenters. The van der Waals surface area contributed by atoms with E-state index in [0.717, 1.165) is 12.0 Å². The Balaban J connectivity index is 1.54. The fourth-order valence-electron chi connectivity index (χ4n) is 4.48. The highest BCUT2D eigenvalue weighted by atomic mass is 32.2. The van der Waals surface area contributed by atoms with Crippen LogP contribution >= 0.6 is 0 Å². The van der Waals surface area contributed by atoms with E-state index in [0.29, 0.717) is 30.2 Å². The lowest BCUT2D eigenvalue weighted by Gasteiger charge is -2.37. The molecule has 184 valence electrons. The highest BCUT2D eigenvalue weighted by Gasteiger charge is 2.46. The van der Waals surface area contributed by atoms with Gasteiger partial charge in [-0.05, 0) is 43.2 Å². The standard InChI is InChI=1S/C24H30N2O7S/c1-3-9-25-23(28)13-17-12-20-19-10-15(7-8-21(19)33-24(20)22(14-27)32-17)26-34(29,30)18-6-4-5-16(11-18)31-2/h4-8,10-11,17,20,22,24,26-27H,3,9,12-14H2,1-2H3,(H,25,28)/t17-,20-,22-,24+/m1/s1. The van der Waals surface area contributed by atoms with Gasteiger partial charge in [0, 0.05) is 29.8 Å². The number of anilines is 1. The van der Waals surface area contributed by atoms with Crippen molar-refractivity contribution in [3.63, 3.8) is 0 Å². The van der Waals surface area contributed by atoms with Crippen molar-refractivity contribution in [3.05, 3.63) is 48.0 Å². The molecule has 0 spiro atoms. The van der Waals surface area contributed by atoms with E-state index in [1.165, 1.54) is 19.2 Å². The molecular weight excluding hydrogens is 460 g/mol. The lowest BCUT2D eigenvalue weighted by molar-refractivity contribution is -0.142. The Labute approximate surface area is 199 Å². The summed E-state index contributed by atoms with van der Waals surface area (Å²) in [6.45, 7) is 2.35. The van der Waals surface area contributed by atoms with Gasteiger partial charge in [-0.15, -0.1) is 0 Å².